The van der Waals surface area contributed by atoms with E-state index in [-0.39, 0.29) is 44.1 Å². The zero-order valence-corrected chi connectivity index (χ0v) is 16.8. The van der Waals surface area contributed by atoms with Crippen LogP contribution in [0.3, 0.4) is 0 Å². The van der Waals surface area contributed by atoms with Crippen molar-refractivity contribution < 1.29 is 36.2 Å². The molecule has 0 amide bonds. The molecule has 4 aliphatic rings. The summed E-state index contributed by atoms with van der Waals surface area (Å²) >= 11 is 5.49. The molecule has 1 aromatic rings. The summed E-state index contributed by atoms with van der Waals surface area (Å²) in [6.07, 6.45) is -7.60. The first-order valence-electron chi connectivity index (χ1n) is 9.59. The maximum atomic E-state index is 13.2. The molecule has 2 bridgehead atoms. The Morgan fingerprint density at radius 2 is 1.83 bits per heavy atom. The lowest BCUT2D eigenvalue weighted by Gasteiger charge is -2.76. The van der Waals surface area contributed by atoms with Crippen LogP contribution in [0, 0.1) is 10.8 Å². The zero-order chi connectivity index (χ0) is 22.2. The molecule has 3 saturated carbocycles. The summed E-state index contributed by atoms with van der Waals surface area (Å²) in [4.78, 5) is 3.50. The fourth-order valence-electron chi connectivity index (χ4n) is 5.54. The number of nitrogens with one attached hydrogen (secondary N) is 1. The lowest BCUT2D eigenvalue weighted by molar-refractivity contribution is -0.403. The minimum atomic E-state index is -4.68. The van der Waals surface area contributed by atoms with E-state index in [9.17, 15) is 31.4 Å². The third-order valence-corrected chi connectivity index (χ3v) is 7.24. The normalized spacial score (nSPS) is 38.6. The predicted octanol–water partition coefficient (Wildman–Crippen LogP) is 4.74. The molecule has 2 N–H and O–H groups in total. The van der Waals surface area contributed by atoms with Gasteiger partial charge >= 0.3 is 12.4 Å². The van der Waals surface area contributed by atoms with Gasteiger partial charge < -0.3 is 15.2 Å². The number of hydrogen-bond acceptors (Lipinski definition) is 4. The SMILES string of the molecule is CC1CC(O)(C23CC(C(F)(F)F)(C2)C3)CC(COc2cnc(Cl)c(C(F)(F)F)c2)N1. The van der Waals surface area contributed by atoms with Crippen molar-refractivity contribution in [3.05, 3.63) is 23.0 Å². The van der Waals surface area contributed by atoms with Gasteiger partial charge in [-0.05, 0) is 45.1 Å². The minimum Gasteiger partial charge on any atom is -0.490 e. The first-order chi connectivity index (χ1) is 13.7. The maximum Gasteiger partial charge on any atom is 0.419 e. The van der Waals surface area contributed by atoms with Crippen molar-refractivity contribution in [2.45, 2.75) is 69.1 Å². The van der Waals surface area contributed by atoms with E-state index in [0.29, 0.717) is 6.42 Å². The predicted molar refractivity (Wildman–Crippen MR) is 95.1 cm³/mol. The lowest BCUT2D eigenvalue weighted by atomic mass is 9.29. The van der Waals surface area contributed by atoms with Crippen LogP contribution in [0.1, 0.15) is 44.6 Å². The number of pyridine rings is 1. The number of rotatable bonds is 4. The van der Waals surface area contributed by atoms with Gasteiger partial charge in [0.1, 0.15) is 17.5 Å². The monoisotopic (exact) mass is 458 g/mol. The number of halogens is 7. The van der Waals surface area contributed by atoms with Crippen LogP contribution < -0.4 is 10.1 Å². The lowest BCUT2D eigenvalue weighted by Crippen LogP contribution is -2.78. The summed E-state index contributed by atoms with van der Waals surface area (Å²) in [5.41, 5.74) is -4.79. The molecule has 1 aromatic heterocycles. The van der Waals surface area contributed by atoms with Crippen molar-refractivity contribution in [1.82, 2.24) is 10.3 Å². The molecule has 30 heavy (non-hydrogen) atoms. The highest BCUT2D eigenvalue weighted by molar-refractivity contribution is 6.30. The second kappa shape index (κ2) is 6.62. The summed E-state index contributed by atoms with van der Waals surface area (Å²) in [7, 11) is 0. The minimum absolute atomic E-state index is 0.0618. The molecule has 1 saturated heterocycles. The second-order valence-corrected chi connectivity index (χ2v) is 9.47. The molecule has 2 heterocycles. The van der Waals surface area contributed by atoms with Crippen LogP contribution in [0.5, 0.6) is 5.75 Å². The quantitative estimate of drug-likeness (QED) is 0.505. The van der Waals surface area contributed by atoms with E-state index in [4.69, 9.17) is 16.3 Å². The summed E-state index contributed by atoms with van der Waals surface area (Å²) in [6, 6.07) is 0.143. The zero-order valence-electron chi connectivity index (χ0n) is 16.0. The van der Waals surface area contributed by atoms with Crippen LogP contribution in [0.25, 0.3) is 0 Å². The highest BCUT2D eigenvalue weighted by atomic mass is 35.5. The van der Waals surface area contributed by atoms with Gasteiger partial charge in [0.2, 0.25) is 0 Å². The highest BCUT2D eigenvalue weighted by Gasteiger charge is 2.83. The molecule has 3 atom stereocenters. The van der Waals surface area contributed by atoms with Crippen LogP contribution in [-0.2, 0) is 6.18 Å². The smallest absolute Gasteiger partial charge is 0.419 e. The fourth-order valence-corrected chi connectivity index (χ4v) is 5.75. The van der Waals surface area contributed by atoms with Gasteiger partial charge in [-0.3, -0.25) is 0 Å². The third kappa shape index (κ3) is 3.35. The molecule has 3 aliphatic carbocycles. The van der Waals surface area contributed by atoms with E-state index in [1.165, 1.54) is 0 Å². The first-order valence-corrected chi connectivity index (χ1v) is 9.97. The molecule has 0 aromatic carbocycles. The van der Waals surface area contributed by atoms with Gasteiger partial charge in [-0.15, -0.1) is 0 Å². The van der Waals surface area contributed by atoms with Gasteiger partial charge in [0.25, 0.3) is 0 Å². The average Bonchev–Trinajstić information content (AvgIpc) is 2.47. The highest BCUT2D eigenvalue weighted by Crippen LogP contribution is 2.82. The third-order valence-electron chi connectivity index (χ3n) is 6.94. The standard InChI is InChI=1S/C19H21ClF6N2O2/c1-10-3-17(29,15-7-16(8-15,9-15)19(24,25)26)4-11(28-10)6-30-12-2-13(18(21,22)23)14(20)27-5-12/h2,5,10-11,28-29H,3-4,6-9H2,1H3. The largest absolute Gasteiger partial charge is 0.490 e. The Hall–Kier alpha value is -1.26. The van der Waals surface area contributed by atoms with E-state index in [1.54, 1.807) is 0 Å². The molecular weight excluding hydrogens is 438 g/mol. The number of aliphatic hydroxyl groups is 1. The maximum absolute atomic E-state index is 13.2. The van der Waals surface area contributed by atoms with E-state index in [1.807, 2.05) is 6.92 Å². The van der Waals surface area contributed by atoms with Crippen molar-refractivity contribution in [2.24, 2.45) is 10.8 Å². The van der Waals surface area contributed by atoms with Crippen molar-refractivity contribution in [3.63, 3.8) is 0 Å². The molecule has 3 unspecified atom stereocenters. The van der Waals surface area contributed by atoms with Crippen molar-refractivity contribution >= 4 is 11.6 Å². The van der Waals surface area contributed by atoms with E-state index >= 15 is 0 Å². The Morgan fingerprint density at radius 3 is 2.40 bits per heavy atom. The molecule has 4 nitrogen and oxygen atoms in total. The molecule has 1 aliphatic heterocycles. The van der Waals surface area contributed by atoms with Crippen LogP contribution in [-0.4, -0.2) is 40.6 Å². The Balaban J connectivity index is 1.42. The molecule has 11 heteroatoms. The molecule has 4 fully saturated rings. The fraction of sp³-hybridized carbons (Fsp3) is 0.737. The van der Waals surface area contributed by atoms with Crippen molar-refractivity contribution in [1.29, 1.82) is 0 Å². The number of aromatic nitrogens is 1. The Labute approximate surface area is 173 Å². The summed E-state index contributed by atoms with van der Waals surface area (Å²) in [5.74, 6) is -0.128. The molecule has 0 spiro atoms. The number of nitrogens with zero attached hydrogens (tertiary/aromatic N) is 1. The van der Waals surface area contributed by atoms with Crippen LogP contribution in [0.2, 0.25) is 5.15 Å². The van der Waals surface area contributed by atoms with Gasteiger partial charge in [-0.25, -0.2) is 4.98 Å². The summed E-state index contributed by atoms with van der Waals surface area (Å²) in [6.45, 7) is 1.75. The van der Waals surface area contributed by atoms with Crippen LogP contribution in [0.4, 0.5) is 26.3 Å². The second-order valence-electron chi connectivity index (χ2n) is 9.11. The number of alkyl halides is 6. The Kier molecular flexibility index (Phi) is 4.84. The molecule has 5 rings (SSSR count). The molecule has 0 radical (unpaired) electrons. The topological polar surface area (TPSA) is 54.4 Å². The Morgan fingerprint density at radius 1 is 1.20 bits per heavy atom. The summed E-state index contributed by atoms with van der Waals surface area (Å²) in [5, 5.41) is 13.8. The van der Waals surface area contributed by atoms with Gasteiger partial charge in [-0.2, -0.15) is 26.3 Å². The summed E-state index contributed by atoms with van der Waals surface area (Å²) < 4.78 is 83.9. The number of piperidine rings is 1. The van der Waals surface area contributed by atoms with Crippen LogP contribution in [0.15, 0.2) is 12.3 Å². The van der Waals surface area contributed by atoms with Crippen molar-refractivity contribution in [3.8, 4) is 5.75 Å². The van der Waals surface area contributed by atoms with Crippen molar-refractivity contribution in [2.75, 3.05) is 6.61 Å². The molecular formula is C19H21ClF6N2O2. The van der Waals surface area contributed by atoms with Gasteiger partial charge in [0.05, 0.1) is 22.8 Å². The number of ether oxygens (including phenoxy) is 1. The van der Waals surface area contributed by atoms with Gasteiger partial charge in [0, 0.05) is 17.5 Å². The average molecular weight is 459 g/mol. The molecule has 168 valence electrons. The Bertz CT molecular complexity index is 826. The number of hydrogen-bond donors (Lipinski definition) is 2. The van der Waals surface area contributed by atoms with Crippen LogP contribution >= 0.6 is 11.6 Å². The van der Waals surface area contributed by atoms with Gasteiger partial charge in [-0.1, -0.05) is 11.6 Å². The van der Waals surface area contributed by atoms with E-state index in [0.717, 1.165) is 12.3 Å². The van der Waals surface area contributed by atoms with E-state index < -0.39 is 45.5 Å². The van der Waals surface area contributed by atoms with Gasteiger partial charge in [0.15, 0.2) is 0 Å². The first kappa shape index (κ1) is 22.0. The van der Waals surface area contributed by atoms with E-state index in [2.05, 4.69) is 10.3 Å².